The van der Waals surface area contributed by atoms with Crippen LogP contribution in [0.4, 0.5) is 10.2 Å². The molecule has 158 valence electrons. The molecule has 0 radical (unpaired) electrons. The van der Waals surface area contributed by atoms with Crippen molar-refractivity contribution in [3.63, 3.8) is 0 Å². The fourth-order valence-electron chi connectivity index (χ4n) is 4.13. The third-order valence-electron chi connectivity index (χ3n) is 5.74. The molecule has 7 heteroatoms. The lowest BCUT2D eigenvalue weighted by molar-refractivity contribution is 0.0732. The Morgan fingerprint density at radius 2 is 1.77 bits per heavy atom. The number of hydrogen-bond acceptors (Lipinski definition) is 5. The van der Waals surface area contributed by atoms with Gasteiger partial charge in [0.25, 0.3) is 5.91 Å². The van der Waals surface area contributed by atoms with Gasteiger partial charge < -0.3 is 14.5 Å². The number of fused-ring (bicyclic) bond motifs is 1. The number of rotatable bonds is 3. The van der Waals surface area contributed by atoms with Gasteiger partial charge in [-0.3, -0.25) is 4.79 Å². The Kier molecular flexibility index (Phi) is 5.34. The van der Waals surface area contributed by atoms with Crippen LogP contribution in [0, 0.1) is 5.82 Å². The Balaban J connectivity index is 1.52. The van der Waals surface area contributed by atoms with Crippen molar-refractivity contribution in [3.05, 3.63) is 77.2 Å². The zero-order chi connectivity index (χ0) is 21.2. The number of anilines is 1. The summed E-state index contributed by atoms with van der Waals surface area (Å²) in [5.74, 6) is 0.980. The molecule has 2 aliphatic rings. The van der Waals surface area contributed by atoms with Gasteiger partial charge in [-0.2, -0.15) is 0 Å². The summed E-state index contributed by atoms with van der Waals surface area (Å²) in [6.45, 7) is 3.73. The molecule has 0 spiro atoms. The van der Waals surface area contributed by atoms with E-state index in [4.69, 9.17) is 14.7 Å². The van der Waals surface area contributed by atoms with E-state index in [0.29, 0.717) is 44.1 Å². The van der Waals surface area contributed by atoms with Gasteiger partial charge in [-0.15, -0.1) is 0 Å². The molecule has 31 heavy (non-hydrogen) atoms. The standard InChI is InChI=1S/C24H23FN4O2/c25-19-8-4-7-18(15-19)24(30)29-10-9-21-20(16-29)23(28-11-13-31-14-12-28)27-22(26-21)17-5-2-1-3-6-17/h1-8,15H,9-14,16H2. The Labute approximate surface area is 180 Å². The lowest BCUT2D eigenvalue weighted by atomic mass is 10.0. The molecule has 0 atom stereocenters. The predicted octanol–water partition coefficient (Wildman–Crippen LogP) is 3.32. The molecule has 2 aromatic carbocycles. The van der Waals surface area contributed by atoms with E-state index >= 15 is 0 Å². The highest BCUT2D eigenvalue weighted by Gasteiger charge is 2.29. The second-order valence-corrected chi connectivity index (χ2v) is 7.75. The number of ether oxygens (including phenoxy) is 1. The zero-order valence-corrected chi connectivity index (χ0v) is 17.1. The van der Waals surface area contributed by atoms with Crippen molar-refractivity contribution >= 4 is 11.7 Å². The van der Waals surface area contributed by atoms with Crippen LogP contribution in [-0.4, -0.2) is 53.6 Å². The Morgan fingerprint density at radius 3 is 2.55 bits per heavy atom. The van der Waals surface area contributed by atoms with E-state index in [9.17, 15) is 9.18 Å². The first-order valence-corrected chi connectivity index (χ1v) is 10.5. The van der Waals surface area contributed by atoms with Crippen molar-refractivity contribution in [1.29, 1.82) is 0 Å². The highest BCUT2D eigenvalue weighted by atomic mass is 19.1. The van der Waals surface area contributed by atoms with Gasteiger partial charge in [0, 0.05) is 42.7 Å². The van der Waals surface area contributed by atoms with Crippen LogP contribution in [0.15, 0.2) is 54.6 Å². The zero-order valence-electron chi connectivity index (χ0n) is 17.1. The third-order valence-corrected chi connectivity index (χ3v) is 5.74. The quantitative estimate of drug-likeness (QED) is 0.653. The van der Waals surface area contributed by atoms with E-state index in [0.717, 1.165) is 35.7 Å². The molecule has 6 nitrogen and oxygen atoms in total. The van der Waals surface area contributed by atoms with Crippen LogP contribution in [0.1, 0.15) is 21.6 Å². The smallest absolute Gasteiger partial charge is 0.254 e. The monoisotopic (exact) mass is 418 g/mol. The van der Waals surface area contributed by atoms with Gasteiger partial charge in [0.2, 0.25) is 0 Å². The summed E-state index contributed by atoms with van der Waals surface area (Å²) in [5.41, 5.74) is 3.27. The topological polar surface area (TPSA) is 58.6 Å². The molecular weight excluding hydrogens is 395 g/mol. The summed E-state index contributed by atoms with van der Waals surface area (Å²) in [5, 5.41) is 0. The normalized spacial score (nSPS) is 16.2. The molecule has 0 N–H and O–H groups in total. The largest absolute Gasteiger partial charge is 0.378 e. The molecule has 0 bridgehead atoms. The molecule has 1 fully saturated rings. The molecule has 1 amide bonds. The summed E-state index contributed by atoms with van der Waals surface area (Å²) >= 11 is 0. The molecule has 3 heterocycles. The molecule has 5 rings (SSSR count). The minimum atomic E-state index is -0.409. The molecule has 0 unspecified atom stereocenters. The molecule has 3 aromatic rings. The Bertz CT molecular complexity index is 1100. The first-order chi connectivity index (χ1) is 15.2. The van der Waals surface area contributed by atoms with Crippen LogP contribution < -0.4 is 4.90 Å². The SMILES string of the molecule is O=C(c1cccc(F)c1)N1CCc2nc(-c3ccccc3)nc(N3CCOCC3)c2C1. The number of carbonyl (C=O) groups is 1. The van der Waals surface area contributed by atoms with E-state index in [1.807, 2.05) is 30.3 Å². The number of halogens is 1. The molecule has 2 aliphatic heterocycles. The molecular formula is C24H23FN4O2. The van der Waals surface area contributed by atoms with Crippen LogP contribution in [0.25, 0.3) is 11.4 Å². The first-order valence-electron chi connectivity index (χ1n) is 10.5. The maximum Gasteiger partial charge on any atom is 0.254 e. The van der Waals surface area contributed by atoms with Gasteiger partial charge in [0.15, 0.2) is 5.82 Å². The van der Waals surface area contributed by atoms with Gasteiger partial charge in [0.05, 0.1) is 25.5 Å². The second kappa shape index (κ2) is 8.43. The average Bonchev–Trinajstić information content (AvgIpc) is 2.83. The van der Waals surface area contributed by atoms with Crippen LogP contribution in [0.5, 0.6) is 0 Å². The fraction of sp³-hybridized carbons (Fsp3) is 0.292. The first kappa shape index (κ1) is 19.6. The average molecular weight is 418 g/mol. The van der Waals surface area contributed by atoms with Gasteiger partial charge in [-0.05, 0) is 18.2 Å². The fourth-order valence-corrected chi connectivity index (χ4v) is 4.13. The van der Waals surface area contributed by atoms with Gasteiger partial charge in [0.1, 0.15) is 11.6 Å². The maximum absolute atomic E-state index is 13.6. The summed E-state index contributed by atoms with van der Waals surface area (Å²) in [6, 6.07) is 15.8. The van der Waals surface area contributed by atoms with Crippen molar-refractivity contribution < 1.29 is 13.9 Å². The summed E-state index contributed by atoms with van der Waals surface area (Å²) in [4.78, 5) is 26.8. The Morgan fingerprint density at radius 1 is 0.968 bits per heavy atom. The number of hydrogen-bond donors (Lipinski definition) is 0. The summed E-state index contributed by atoms with van der Waals surface area (Å²) in [7, 11) is 0. The number of aromatic nitrogens is 2. The maximum atomic E-state index is 13.6. The molecule has 1 saturated heterocycles. The lowest BCUT2D eigenvalue weighted by Gasteiger charge is -2.34. The van der Waals surface area contributed by atoms with Crippen LogP contribution in [0.2, 0.25) is 0 Å². The van der Waals surface area contributed by atoms with E-state index in [1.165, 1.54) is 12.1 Å². The number of benzene rings is 2. The summed E-state index contributed by atoms with van der Waals surface area (Å²) < 4.78 is 19.2. The van der Waals surface area contributed by atoms with Gasteiger partial charge in [-0.25, -0.2) is 14.4 Å². The van der Waals surface area contributed by atoms with E-state index in [2.05, 4.69) is 4.90 Å². The van der Waals surface area contributed by atoms with Crippen molar-refractivity contribution in [1.82, 2.24) is 14.9 Å². The number of morpholine rings is 1. The second-order valence-electron chi connectivity index (χ2n) is 7.75. The van der Waals surface area contributed by atoms with Crippen molar-refractivity contribution in [2.45, 2.75) is 13.0 Å². The number of amides is 1. The highest BCUT2D eigenvalue weighted by molar-refractivity contribution is 5.94. The third kappa shape index (κ3) is 4.01. The molecule has 0 saturated carbocycles. The minimum absolute atomic E-state index is 0.176. The van der Waals surface area contributed by atoms with Crippen molar-refractivity contribution in [2.75, 3.05) is 37.7 Å². The van der Waals surface area contributed by atoms with E-state index in [-0.39, 0.29) is 5.91 Å². The van der Waals surface area contributed by atoms with E-state index in [1.54, 1.807) is 17.0 Å². The van der Waals surface area contributed by atoms with Crippen molar-refractivity contribution in [3.8, 4) is 11.4 Å². The molecule has 0 aliphatic carbocycles. The number of carbonyl (C=O) groups excluding carboxylic acids is 1. The van der Waals surface area contributed by atoms with Gasteiger partial charge in [-0.1, -0.05) is 36.4 Å². The highest BCUT2D eigenvalue weighted by Crippen LogP contribution is 2.30. The predicted molar refractivity (Wildman–Crippen MR) is 115 cm³/mol. The lowest BCUT2D eigenvalue weighted by Crippen LogP contribution is -2.41. The summed E-state index contributed by atoms with van der Waals surface area (Å²) in [6.07, 6.45) is 0.635. The van der Waals surface area contributed by atoms with Crippen LogP contribution in [0.3, 0.4) is 0 Å². The Hall–Kier alpha value is -3.32. The van der Waals surface area contributed by atoms with Crippen molar-refractivity contribution in [2.24, 2.45) is 0 Å². The van der Waals surface area contributed by atoms with Crippen LogP contribution >= 0.6 is 0 Å². The number of nitrogens with zero attached hydrogens (tertiary/aromatic N) is 4. The molecule has 1 aromatic heterocycles. The minimum Gasteiger partial charge on any atom is -0.378 e. The van der Waals surface area contributed by atoms with Crippen LogP contribution in [-0.2, 0) is 17.7 Å². The van der Waals surface area contributed by atoms with E-state index < -0.39 is 5.82 Å². The van der Waals surface area contributed by atoms with Gasteiger partial charge >= 0.3 is 0 Å².